The van der Waals surface area contributed by atoms with Gasteiger partial charge in [-0.2, -0.15) is 0 Å². The number of pyridine rings is 1. The molecule has 3 heterocycles. The second kappa shape index (κ2) is 10.7. The molecule has 1 saturated carbocycles. The lowest BCUT2D eigenvalue weighted by atomic mass is 9.94. The number of nitrogen functional groups attached to an aromatic ring is 1. The summed E-state index contributed by atoms with van der Waals surface area (Å²) in [7, 11) is 1.62. The first-order chi connectivity index (χ1) is 17.9. The van der Waals surface area contributed by atoms with E-state index in [1.54, 1.807) is 7.11 Å². The fourth-order valence-corrected chi connectivity index (χ4v) is 5.75. The number of rotatable bonds is 7. The predicted octanol–water partition coefficient (Wildman–Crippen LogP) is 3.83. The van der Waals surface area contributed by atoms with Gasteiger partial charge in [0.25, 0.3) is 5.91 Å². The first-order valence-corrected chi connectivity index (χ1v) is 13.6. The van der Waals surface area contributed by atoms with Crippen molar-refractivity contribution >= 4 is 23.3 Å². The van der Waals surface area contributed by atoms with E-state index >= 15 is 0 Å². The number of hydrogen-bond donors (Lipinski definition) is 1. The maximum Gasteiger partial charge on any atom is 0.253 e. The van der Waals surface area contributed by atoms with Gasteiger partial charge in [0.1, 0.15) is 0 Å². The van der Waals surface area contributed by atoms with E-state index in [4.69, 9.17) is 15.5 Å². The molecule has 37 heavy (non-hydrogen) atoms. The number of piperazine rings is 1. The maximum absolute atomic E-state index is 13.1. The van der Waals surface area contributed by atoms with Crippen LogP contribution in [0.4, 0.5) is 11.5 Å². The zero-order chi connectivity index (χ0) is 26.1. The van der Waals surface area contributed by atoms with E-state index in [1.165, 1.54) is 0 Å². The smallest absolute Gasteiger partial charge is 0.253 e. The minimum atomic E-state index is 0.0666. The average molecular weight is 506 g/mol. The molecule has 2 aliphatic heterocycles. The van der Waals surface area contributed by atoms with Crippen molar-refractivity contribution in [2.75, 3.05) is 57.1 Å². The number of carbonyl (C=O) groups excluding carboxylic acids is 2. The third-order valence-corrected chi connectivity index (χ3v) is 8.03. The Kier molecular flexibility index (Phi) is 7.38. The summed E-state index contributed by atoms with van der Waals surface area (Å²) in [5, 5.41) is 0. The number of hydrogen-bond acceptors (Lipinski definition) is 6. The van der Waals surface area contributed by atoms with Crippen LogP contribution in [0.3, 0.4) is 0 Å². The molecule has 5 rings (SSSR count). The summed E-state index contributed by atoms with van der Waals surface area (Å²) in [5.41, 5.74) is 12.4. The Morgan fingerprint density at radius 1 is 1.14 bits per heavy atom. The fourth-order valence-electron chi connectivity index (χ4n) is 5.75. The van der Waals surface area contributed by atoms with Crippen LogP contribution in [0.1, 0.15) is 66.6 Å². The molecule has 2 amide bonds. The first kappa shape index (κ1) is 25.5. The van der Waals surface area contributed by atoms with Crippen LogP contribution in [-0.4, -0.2) is 79.1 Å². The largest absolute Gasteiger partial charge is 0.396 e. The molecular weight excluding hydrogens is 466 g/mol. The van der Waals surface area contributed by atoms with Crippen molar-refractivity contribution in [1.82, 2.24) is 14.8 Å². The monoisotopic (exact) mass is 505 g/mol. The number of methoxy groups -OCH3 is 1. The van der Waals surface area contributed by atoms with Crippen LogP contribution >= 0.6 is 0 Å². The van der Waals surface area contributed by atoms with Crippen molar-refractivity contribution in [2.24, 2.45) is 0 Å². The molecule has 0 radical (unpaired) electrons. The second-order valence-electron chi connectivity index (χ2n) is 10.7. The molecular formula is C29H39N5O3. The van der Waals surface area contributed by atoms with E-state index in [0.717, 1.165) is 72.5 Å². The molecule has 1 aliphatic carbocycles. The number of aromatic nitrogens is 1. The number of carbonyl (C=O) groups is 2. The zero-order valence-corrected chi connectivity index (χ0v) is 22.3. The molecule has 2 aromatic rings. The van der Waals surface area contributed by atoms with Crippen molar-refractivity contribution in [3.05, 3.63) is 41.1 Å². The highest BCUT2D eigenvalue weighted by molar-refractivity contribution is 5.96. The number of nitrogens with two attached hydrogens (primary N) is 1. The maximum atomic E-state index is 13.1. The van der Waals surface area contributed by atoms with Crippen molar-refractivity contribution in [1.29, 1.82) is 0 Å². The number of nitrogens with zero attached hydrogens (tertiary/aromatic N) is 4. The number of amides is 2. The SMILES string of the molecule is COCCC(=O)N1CCN(c2nc(C3CC3)c(-c3cccc(C(=O)N4CCCC4)c3)c(C)c2N)C[C@H]1C. The molecule has 3 fully saturated rings. The summed E-state index contributed by atoms with van der Waals surface area (Å²) in [4.78, 5) is 37.0. The van der Waals surface area contributed by atoms with Crippen molar-refractivity contribution in [2.45, 2.75) is 57.9 Å². The van der Waals surface area contributed by atoms with Gasteiger partial charge in [-0.25, -0.2) is 4.98 Å². The first-order valence-electron chi connectivity index (χ1n) is 13.6. The van der Waals surface area contributed by atoms with Crippen LogP contribution in [0.25, 0.3) is 11.1 Å². The van der Waals surface area contributed by atoms with Crippen LogP contribution in [-0.2, 0) is 9.53 Å². The van der Waals surface area contributed by atoms with Gasteiger partial charge >= 0.3 is 0 Å². The van der Waals surface area contributed by atoms with Gasteiger partial charge in [-0.15, -0.1) is 0 Å². The lowest BCUT2D eigenvalue weighted by Crippen LogP contribution is -2.54. The standard InChI is InChI=1S/C29H39N5O3/c1-19-18-33(14-15-34(19)24(35)11-16-37-3)28-26(30)20(2)25(27(31-28)21-9-10-21)22-7-6-8-23(17-22)29(36)32-12-4-5-13-32/h6-8,17,19,21H,4-5,9-16,18,30H2,1-3H3/t19-/m1/s1. The Bertz CT molecular complexity index is 1170. The van der Waals surface area contributed by atoms with E-state index in [1.807, 2.05) is 28.0 Å². The molecule has 2 N–H and O–H groups in total. The second-order valence-corrected chi connectivity index (χ2v) is 10.7. The van der Waals surface area contributed by atoms with Crippen molar-refractivity contribution in [3.63, 3.8) is 0 Å². The Morgan fingerprint density at radius 2 is 1.89 bits per heavy atom. The van der Waals surface area contributed by atoms with Gasteiger partial charge in [0.2, 0.25) is 5.91 Å². The van der Waals surface area contributed by atoms with Crippen LogP contribution in [0.15, 0.2) is 24.3 Å². The third kappa shape index (κ3) is 5.17. The van der Waals surface area contributed by atoms with Gasteiger partial charge in [-0.3, -0.25) is 9.59 Å². The molecule has 198 valence electrons. The zero-order valence-electron chi connectivity index (χ0n) is 22.3. The minimum Gasteiger partial charge on any atom is -0.396 e. The molecule has 3 aliphatic rings. The summed E-state index contributed by atoms with van der Waals surface area (Å²) in [6.45, 7) is 8.30. The third-order valence-electron chi connectivity index (χ3n) is 8.03. The van der Waals surface area contributed by atoms with Crippen molar-refractivity contribution < 1.29 is 14.3 Å². The van der Waals surface area contributed by atoms with Gasteiger partial charge < -0.3 is 25.2 Å². The molecule has 1 atom stereocenters. The summed E-state index contributed by atoms with van der Waals surface area (Å²) in [5.74, 6) is 1.47. The van der Waals surface area contributed by atoms with Gasteiger partial charge in [0.15, 0.2) is 5.82 Å². The molecule has 8 nitrogen and oxygen atoms in total. The van der Waals surface area contributed by atoms with E-state index in [-0.39, 0.29) is 17.9 Å². The summed E-state index contributed by atoms with van der Waals surface area (Å²) in [6, 6.07) is 8.04. The Morgan fingerprint density at radius 3 is 2.57 bits per heavy atom. The number of anilines is 2. The number of likely N-dealkylation sites (tertiary alicyclic amines) is 1. The van der Waals surface area contributed by atoms with Crippen LogP contribution in [0.5, 0.6) is 0 Å². The van der Waals surface area contributed by atoms with E-state index < -0.39 is 0 Å². The lowest BCUT2D eigenvalue weighted by molar-refractivity contribution is -0.134. The van der Waals surface area contributed by atoms with Gasteiger partial charge in [0.05, 0.1) is 24.4 Å². The number of benzene rings is 1. The highest BCUT2D eigenvalue weighted by atomic mass is 16.5. The Hall–Kier alpha value is -3.13. The molecule has 0 spiro atoms. The predicted molar refractivity (Wildman–Crippen MR) is 146 cm³/mol. The number of ether oxygens (including phenoxy) is 1. The molecule has 1 aromatic carbocycles. The van der Waals surface area contributed by atoms with Crippen molar-refractivity contribution in [3.8, 4) is 11.1 Å². The van der Waals surface area contributed by atoms with Gasteiger partial charge in [-0.1, -0.05) is 12.1 Å². The normalized spacial score (nSPS) is 20.0. The molecule has 1 aromatic heterocycles. The molecule has 0 bridgehead atoms. The average Bonchev–Trinajstić information content (AvgIpc) is 3.61. The van der Waals surface area contributed by atoms with E-state index in [0.29, 0.717) is 44.3 Å². The molecule has 2 saturated heterocycles. The highest BCUT2D eigenvalue weighted by Gasteiger charge is 2.34. The van der Waals surface area contributed by atoms with E-state index in [9.17, 15) is 9.59 Å². The molecule has 8 heteroatoms. The summed E-state index contributed by atoms with van der Waals surface area (Å²) >= 11 is 0. The van der Waals surface area contributed by atoms with Gasteiger partial charge in [0, 0.05) is 62.9 Å². The topological polar surface area (TPSA) is 92.0 Å². The Labute approximate surface area is 219 Å². The van der Waals surface area contributed by atoms with Crippen LogP contribution in [0, 0.1) is 6.92 Å². The van der Waals surface area contributed by atoms with Crippen LogP contribution < -0.4 is 10.6 Å². The summed E-state index contributed by atoms with van der Waals surface area (Å²) in [6.07, 6.45) is 4.79. The lowest BCUT2D eigenvalue weighted by Gasteiger charge is -2.41. The quantitative estimate of drug-likeness (QED) is 0.615. The minimum absolute atomic E-state index is 0.0666. The van der Waals surface area contributed by atoms with Crippen LogP contribution in [0.2, 0.25) is 0 Å². The highest BCUT2D eigenvalue weighted by Crippen LogP contribution is 2.47. The fraction of sp³-hybridized carbons (Fsp3) is 0.552. The summed E-state index contributed by atoms with van der Waals surface area (Å²) < 4.78 is 5.09. The Balaban J connectivity index is 1.44. The van der Waals surface area contributed by atoms with E-state index in [2.05, 4.69) is 24.8 Å². The molecule has 0 unspecified atom stereocenters. The van der Waals surface area contributed by atoms with Gasteiger partial charge in [-0.05, 0) is 62.8 Å².